The Labute approximate surface area is 249 Å². The van der Waals surface area contributed by atoms with E-state index in [0.29, 0.717) is 46.7 Å². The third-order valence-corrected chi connectivity index (χ3v) is 7.98. The van der Waals surface area contributed by atoms with Crippen LogP contribution in [0.4, 0.5) is 10.5 Å². The molecule has 10 heteroatoms. The largest absolute Gasteiger partial charge is 0.497 e. The molecule has 1 fully saturated rings. The number of methoxy groups -OCH3 is 2. The smallest absolute Gasteiger partial charge is 0.322 e. The molecule has 1 saturated carbocycles. The molecule has 1 aliphatic rings. The average molecular weight is 596 g/mol. The molecule has 8 nitrogen and oxygen atoms in total. The van der Waals surface area contributed by atoms with Crippen LogP contribution in [0, 0.1) is 0 Å². The summed E-state index contributed by atoms with van der Waals surface area (Å²) in [5.74, 6) is 0.932. The summed E-state index contributed by atoms with van der Waals surface area (Å²) in [5.41, 5.74) is 3.53. The topological polar surface area (TPSA) is 86.9 Å². The van der Waals surface area contributed by atoms with Crippen LogP contribution in [0.1, 0.15) is 24.0 Å². The van der Waals surface area contributed by atoms with Gasteiger partial charge < -0.3 is 29.6 Å². The Morgan fingerprint density at radius 1 is 1.00 bits per heavy atom. The van der Waals surface area contributed by atoms with Gasteiger partial charge in [0.05, 0.1) is 30.0 Å². The monoisotopic (exact) mass is 594 g/mol. The molecule has 4 aromatic rings. The standard InChI is InChI=1S/C31H32Cl2N4O4/c1-40-23-10-12-28(29(16-23)41-2)35-31(39)37(22-8-9-22)19-30(38)36(18-20-7-11-25(32)26(33)15-20)14-13-21-17-34-27-6-4-3-5-24(21)27/h3-7,10-12,15-17,22,34H,8-9,13-14,18-19H2,1-2H3,(H,35,39). The van der Waals surface area contributed by atoms with Crippen molar-refractivity contribution in [3.8, 4) is 11.5 Å². The van der Waals surface area contributed by atoms with Gasteiger partial charge in [0.1, 0.15) is 18.0 Å². The van der Waals surface area contributed by atoms with Gasteiger partial charge in [-0.2, -0.15) is 0 Å². The first-order valence-corrected chi connectivity index (χ1v) is 14.2. The normalized spacial score (nSPS) is 12.7. The van der Waals surface area contributed by atoms with Crippen LogP contribution < -0.4 is 14.8 Å². The fourth-order valence-electron chi connectivity index (χ4n) is 4.83. The number of fused-ring (bicyclic) bond motifs is 1. The number of anilines is 1. The number of urea groups is 1. The van der Waals surface area contributed by atoms with E-state index in [0.717, 1.165) is 34.9 Å². The summed E-state index contributed by atoms with van der Waals surface area (Å²) < 4.78 is 10.7. The van der Waals surface area contributed by atoms with Crippen molar-refractivity contribution in [1.82, 2.24) is 14.8 Å². The van der Waals surface area contributed by atoms with Crippen LogP contribution in [0.15, 0.2) is 66.9 Å². The Balaban J connectivity index is 1.34. The van der Waals surface area contributed by atoms with E-state index in [2.05, 4.69) is 16.4 Å². The number of nitrogens with one attached hydrogen (secondary N) is 2. The maximum Gasteiger partial charge on any atom is 0.322 e. The molecule has 0 unspecified atom stereocenters. The van der Waals surface area contributed by atoms with Crippen LogP contribution in [0.3, 0.4) is 0 Å². The Bertz CT molecular complexity index is 1550. The lowest BCUT2D eigenvalue weighted by Crippen LogP contribution is -2.45. The second-order valence-electron chi connectivity index (χ2n) is 10.0. The van der Waals surface area contributed by atoms with Crippen molar-refractivity contribution in [2.45, 2.75) is 31.8 Å². The van der Waals surface area contributed by atoms with E-state index in [1.54, 1.807) is 47.2 Å². The zero-order valence-corrected chi connectivity index (χ0v) is 24.5. The van der Waals surface area contributed by atoms with E-state index in [1.807, 2.05) is 30.5 Å². The molecule has 0 aliphatic heterocycles. The summed E-state index contributed by atoms with van der Waals surface area (Å²) in [6.45, 7) is 0.752. The number of hydrogen-bond acceptors (Lipinski definition) is 4. The fraction of sp³-hybridized carbons (Fsp3) is 0.290. The summed E-state index contributed by atoms with van der Waals surface area (Å²) in [4.78, 5) is 33.9. The molecule has 1 aromatic heterocycles. The Kier molecular flexibility index (Phi) is 8.90. The highest BCUT2D eigenvalue weighted by molar-refractivity contribution is 6.42. The fourth-order valence-corrected chi connectivity index (χ4v) is 5.15. The molecule has 41 heavy (non-hydrogen) atoms. The van der Waals surface area contributed by atoms with Crippen LogP contribution in [-0.2, 0) is 17.8 Å². The minimum absolute atomic E-state index is 0.00337. The van der Waals surface area contributed by atoms with Crippen LogP contribution in [0.25, 0.3) is 10.9 Å². The molecule has 0 radical (unpaired) electrons. The number of nitrogens with zero attached hydrogens (tertiary/aromatic N) is 2. The highest BCUT2D eigenvalue weighted by atomic mass is 35.5. The van der Waals surface area contributed by atoms with Crippen LogP contribution in [0.5, 0.6) is 11.5 Å². The Morgan fingerprint density at radius 3 is 2.54 bits per heavy atom. The molecule has 3 amide bonds. The average Bonchev–Trinajstić information content (AvgIpc) is 3.74. The van der Waals surface area contributed by atoms with E-state index < -0.39 is 0 Å². The van der Waals surface area contributed by atoms with E-state index in [9.17, 15) is 9.59 Å². The maximum absolute atomic E-state index is 13.8. The molecule has 214 valence electrons. The zero-order chi connectivity index (χ0) is 28.9. The van der Waals surface area contributed by atoms with Crippen molar-refractivity contribution >= 4 is 51.7 Å². The molecule has 0 atom stereocenters. The molecular weight excluding hydrogens is 563 g/mol. The lowest BCUT2D eigenvalue weighted by atomic mass is 10.1. The Morgan fingerprint density at radius 2 is 1.80 bits per heavy atom. The lowest BCUT2D eigenvalue weighted by molar-refractivity contribution is -0.132. The third kappa shape index (κ3) is 6.89. The predicted molar refractivity (Wildman–Crippen MR) is 162 cm³/mol. The number of hydrogen-bond donors (Lipinski definition) is 2. The number of benzene rings is 3. The first-order chi connectivity index (χ1) is 19.9. The number of H-pyrrole nitrogens is 1. The van der Waals surface area contributed by atoms with Crippen LogP contribution in [-0.4, -0.2) is 60.1 Å². The maximum atomic E-state index is 13.8. The van der Waals surface area contributed by atoms with E-state index >= 15 is 0 Å². The van der Waals surface area contributed by atoms with Gasteiger partial charge in [-0.25, -0.2) is 4.79 Å². The van der Waals surface area contributed by atoms with Crippen LogP contribution in [0.2, 0.25) is 10.0 Å². The number of aromatic nitrogens is 1. The van der Waals surface area contributed by atoms with Crippen molar-refractivity contribution in [1.29, 1.82) is 0 Å². The van der Waals surface area contributed by atoms with Crippen molar-refractivity contribution in [2.24, 2.45) is 0 Å². The molecule has 0 saturated heterocycles. The number of rotatable bonds is 11. The quantitative estimate of drug-likeness (QED) is 0.201. The minimum Gasteiger partial charge on any atom is -0.497 e. The molecule has 2 N–H and O–H groups in total. The second kappa shape index (κ2) is 12.7. The second-order valence-corrected chi connectivity index (χ2v) is 10.8. The van der Waals surface area contributed by atoms with Crippen LogP contribution >= 0.6 is 23.2 Å². The van der Waals surface area contributed by atoms with E-state index in [1.165, 1.54) is 7.11 Å². The van der Waals surface area contributed by atoms with Crippen molar-refractivity contribution in [3.05, 3.63) is 88.0 Å². The van der Waals surface area contributed by atoms with Gasteiger partial charge in [-0.1, -0.05) is 47.5 Å². The Hall–Kier alpha value is -3.88. The van der Waals surface area contributed by atoms with Crippen molar-refractivity contribution in [2.75, 3.05) is 32.6 Å². The zero-order valence-electron chi connectivity index (χ0n) is 23.0. The minimum atomic E-state index is -0.351. The lowest BCUT2D eigenvalue weighted by Gasteiger charge is -2.28. The highest BCUT2D eigenvalue weighted by Gasteiger charge is 2.35. The number of ether oxygens (including phenoxy) is 2. The van der Waals surface area contributed by atoms with Crippen molar-refractivity contribution in [3.63, 3.8) is 0 Å². The molecule has 3 aromatic carbocycles. The molecule has 0 spiro atoms. The number of halogens is 2. The molecular formula is C31H32Cl2N4O4. The number of aromatic amines is 1. The number of amides is 3. The van der Waals surface area contributed by atoms with Gasteiger partial charge in [-0.15, -0.1) is 0 Å². The first-order valence-electron chi connectivity index (χ1n) is 13.4. The van der Waals surface area contributed by atoms with Gasteiger partial charge in [0.15, 0.2) is 0 Å². The number of carbonyl (C=O) groups excluding carboxylic acids is 2. The first kappa shape index (κ1) is 28.6. The summed E-state index contributed by atoms with van der Waals surface area (Å²) in [6.07, 6.45) is 4.33. The van der Waals surface area contributed by atoms with E-state index in [-0.39, 0.29) is 24.5 Å². The molecule has 0 bridgehead atoms. The van der Waals surface area contributed by atoms with Gasteiger partial charge in [-0.3, -0.25) is 4.79 Å². The third-order valence-electron chi connectivity index (χ3n) is 7.24. The SMILES string of the molecule is COc1ccc(NC(=O)N(CC(=O)N(CCc2c[nH]c3ccccc23)Cc2ccc(Cl)c(Cl)c2)C2CC2)c(OC)c1. The van der Waals surface area contributed by atoms with Gasteiger partial charge in [0, 0.05) is 42.3 Å². The summed E-state index contributed by atoms with van der Waals surface area (Å²) in [7, 11) is 3.09. The van der Waals surface area contributed by atoms with Crippen molar-refractivity contribution < 1.29 is 19.1 Å². The highest BCUT2D eigenvalue weighted by Crippen LogP contribution is 2.32. The van der Waals surface area contributed by atoms with Gasteiger partial charge in [0.2, 0.25) is 5.91 Å². The summed E-state index contributed by atoms with van der Waals surface area (Å²) >= 11 is 12.4. The van der Waals surface area contributed by atoms with E-state index in [4.69, 9.17) is 32.7 Å². The molecule has 1 heterocycles. The van der Waals surface area contributed by atoms with Gasteiger partial charge >= 0.3 is 6.03 Å². The van der Waals surface area contributed by atoms with Gasteiger partial charge in [-0.05, 0) is 60.7 Å². The number of carbonyl (C=O) groups is 2. The predicted octanol–water partition coefficient (Wildman–Crippen LogP) is 6.76. The summed E-state index contributed by atoms with van der Waals surface area (Å²) in [5, 5.41) is 4.93. The van der Waals surface area contributed by atoms with Gasteiger partial charge in [0.25, 0.3) is 0 Å². The molecule has 1 aliphatic carbocycles. The summed E-state index contributed by atoms with van der Waals surface area (Å²) in [6, 6.07) is 18.3. The number of para-hydroxylation sites is 1. The molecule has 5 rings (SSSR count).